The second kappa shape index (κ2) is 20.5. The Morgan fingerprint density at radius 1 is 0.173 bits per heavy atom. The lowest BCUT2D eigenvalue weighted by Gasteiger charge is -2.20. The first-order chi connectivity index (χ1) is 47.9. The van der Waals surface area contributed by atoms with Crippen LogP contribution >= 0.6 is 0 Å². The van der Waals surface area contributed by atoms with E-state index >= 15 is 26.3 Å². The van der Waals surface area contributed by atoms with Crippen molar-refractivity contribution in [3.8, 4) is 45.3 Å². The number of para-hydroxylation sites is 8. The molecule has 0 saturated heterocycles. The summed E-state index contributed by atoms with van der Waals surface area (Å²) in [6.45, 7) is 0. The van der Waals surface area contributed by atoms with E-state index in [4.69, 9.17) is 0 Å². The molecule has 6 aromatic heterocycles. The van der Waals surface area contributed by atoms with Crippen molar-refractivity contribution in [1.29, 1.82) is 0 Å². The van der Waals surface area contributed by atoms with Crippen molar-refractivity contribution in [2.24, 2.45) is 0 Å². The van der Waals surface area contributed by atoms with E-state index in [9.17, 15) is 0 Å². The molecule has 98 heavy (non-hydrogen) atoms. The Bertz CT molecular complexity index is 5840. The Labute approximate surface area is 553 Å². The smallest absolute Gasteiger partial charge is 0.309 e. The van der Waals surface area contributed by atoms with E-state index < -0.39 is 23.5 Å². The number of hydrogen-bond donors (Lipinski definition) is 0. The summed E-state index contributed by atoms with van der Waals surface area (Å²) in [5.41, 5.74) is 10.6. The van der Waals surface area contributed by atoms with E-state index in [0.29, 0.717) is 43.6 Å². The van der Waals surface area contributed by atoms with E-state index in [1.165, 1.54) is 24.3 Å². The maximum Gasteiger partial charge on any atom is 0.418 e. The van der Waals surface area contributed by atoms with Gasteiger partial charge in [-0.25, -0.2) is 0 Å². The molecule has 0 aliphatic rings. The number of rotatable bonds is 7. The van der Waals surface area contributed by atoms with Crippen LogP contribution in [0.15, 0.2) is 303 Å². The number of nitrogens with zero attached hydrogens (tertiary/aromatic N) is 6. The van der Waals surface area contributed by atoms with E-state index in [1.807, 2.05) is 218 Å². The fourth-order valence-electron chi connectivity index (χ4n) is 16.1. The minimum atomic E-state index is -4.90. The van der Waals surface area contributed by atoms with E-state index in [0.717, 1.165) is 122 Å². The molecular formula is C86H50F6N6. The average Bonchev–Trinajstić information content (AvgIpc) is 1.56. The van der Waals surface area contributed by atoms with Gasteiger partial charge in [-0.3, -0.25) is 0 Å². The highest BCUT2D eigenvalue weighted by Crippen LogP contribution is 2.47. The predicted octanol–water partition coefficient (Wildman–Crippen LogP) is 24.0. The van der Waals surface area contributed by atoms with Crippen molar-refractivity contribution in [2.75, 3.05) is 0 Å². The molecule has 0 spiro atoms. The average molecular weight is 1280 g/mol. The van der Waals surface area contributed by atoms with E-state index in [2.05, 4.69) is 66.8 Å². The van der Waals surface area contributed by atoms with E-state index in [1.54, 1.807) is 9.13 Å². The van der Waals surface area contributed by atoms with Crippen LogP contribution in [0.2, 0.25) is 0 Å². The maximum absolute atomic E-state index is 16.5. The second-order valence-corrected chi connectivity index (χ2v) is 25.4. The van der Waals surface area contributed by atoms with Gasteiger partial charge in [-0.1, -0.05) is 182 Å². The van der Waals surface area contributed by atoms with Crippen LogP contribution in [0.25, 0.3) is 176 Å². The van der Waals surface area contributed by atoms with Crippen LogP contribution in [0.3, 0.4) is 0 Å². The van der Waals surface area contributed by atoms with Crippen LogP contribution in [0.4, 0.5) is 26.3 Å². The predicted molar refractivity (Wildman–Crippen MR) is 388 cm³/mol. The van der Waals surface area contributed by atoms with Crippen molar-refractivity contribution in [3.05, 3.63) is 314 Å². The number of hydrogen-bond acceptors (Lipinski definition) is 0. The highest BCUT2D eigenvalue weighted by molar-refractivity contribution is 6.16. The van der Waals surface area contributed by atoms with Crippen molar-refractivity contribution in [3.63, 3.8) is 0 Å². The summed E-state index contributed by atoms with van der Waals surface area (Å²) in [4.78, 5) is 0. The second-order valence-electron chi connectivity index (χ2n) is 25.4. The van der Waals surface area contributed by atoms with Gasteiger partial charge in [0.1, 0.15) is 0 Å². The third kappa shape index (κ3) is 8.05. The largest absolute Gasteiger partial charge is 0.418 e. The summed E-state index contributed by atoms with van der Waals surface area (Å²) in [7, 11) is 0. The molecule has 0 bridgehead atoms. The summed E-state index contributed by atoms with van der Waals surface area (Å²) >= 11 is 0. The summed E-state index contributed by atoms with van der Waals surface area (Å²) in [5, 5.41) is 11.0. The van der Waals surface area contributed by atoms with Gasteiger partial charge in [-0.2, -0.15) is 26.3 Å². The first-order valence-corrected chi connectivity index (χ1v) is 32.5. The van der Waals surface area contributed by atoms with Gasteiger partial charge in [-0.15, -0.1) is 0 Å². The maximum atomic E-state index is 16.5. The van der Waals surface area contributed by atoms with Gasteiger partial charge in [0.25, 0.3) is 0 Å². The monoisotopic (exact) mass is 1280 g/mol. The molecule has 0 unspecified atom stereocenters. The normalized spacial score (nSPS) is 12.6. The van der Waals surface area contributed by atoms with Crippen molar-refractivity contribution >= 4 is 131 Å². The molecule has 466 valence electrons. The van der Waals surface area contributed by atoms with Crippen LogP contribution in [-0.4, -0.2) is 27.4 Å². The molecule has 6 heterocycles. The Kier molecular flexibility index (Phi) is 11.7. The minimum absolute atomic E-state index is 0.196. The van der Waals surface area contributed by atoms with Gasteiger partial charge in [0, 0.05) is 87.4 Å². The van der Waals surface area contributed by atoms with Crippen molar-refractivity contribution < 1.29 is 26.3 Å². The lowest BCUT2D eigenvalue weighted by atomic mass is 9.98. The minimum Gasteiger partial charge on any atom is -0.309 e. The standard InChI is InChI=1S/C86H50F6N6/c87-85(88,89)69-43-33-51(45-83(69)97-79-47-53(93-71-25-9-1-17-57(71)58-18-2-10-26-72(58)93)35-39-65(79)66-40-36-54(48-80(66)97)94-73-27-11-3-19-59(73)60-20-4-12-28-74(60)94)52-34-44-70(86(90,91)92)84(46-52)98-81-49-55(95-75-29-13-5-21-61(75)62-22-6-14-30-76(62)95)37-41-67(81)68-42-38-56(50-82(68)98)96-77-31-15-7-23-63(77)64-24-8-16-32-78(64)96/h1-50H. The van der Waals surface area contributed by atoms with Crippen molar-refractivity contribution in [2.45, 2.75) is 12.4 Å². The zero-order chi connectivity index (χ0) is 65.4. The van der Waals surface area contributed by atoms with Gasteiger partial charge in [0.15, 0.2) is 0 Å². The third-order valence-corrected chi connectivity index (χ3v) is 20.2. The molecular weight excluding hydrogens is 1230 g/mol. The fourth-order valence-corrected chi connectivity index (χ4v) is 16.1. The van der Waals surface area contributed by atoms with Gasteiger partial charge in [0.05, 0.1) is 88.7 Å². The molecule has 6 nitrogen and oxygen atoms in total. The van der Waals surface area contributed by atoms with Crippen LogP contribution in [0, 0.1) is 0 Å². The molecule has 14 aromatic carbocycles. The molecule has 20 aromatic rings. The number of aromatic nitrogens is 6. The Morgan fingerprint density at radius 3 is 0.571 bits per heavy atom. The molecule has 0 aliphatic carbocycles. The van der Waals surface area contributed by atoms with Crippen LogP contribution in [0.5, 0.6) is 0 Å². The Morgan fingerprint density at radius 2 is 0.367 bits per heavy atom. The summed E-state index contributed by atoms with van der Waals surface area (Å²) in [6, 6.07) is 96.5. The number of alkyl halides is 6. The highest BCUT2D eigenvalue weighted by Gasteiger charge is 2.38. The first kappa shape index (κ1) is 55.9. The molecule has 0 N–H and O–H groups in total. The molecule has 0 radical (unpaired) electrons. The van der Waals surface area contributed by atoms with Gasteiger partial charge < -0.3 is 27.4 Å². The van der Waals surface area contributed by atoms with Crippen LogP contribution in [0.1, 0.15) is 11.1 Å². The van der Waals surface area contributed by atoms with Gasteiger partial charge in [-0.05, 0) is 132 Å². The number of halogens is 6. The quantitative estimate of drug-likeness (QED) is 0.142. The van der Waals surface area contributed by atoms with Gasteiger partial charge in [0.2, 0.25) is 0 Å². The summed E-state index contributed by atoms with van der Waals surface area (Å²) in [6.07, 6.45) is -9.80. The fraction of sp³-hybridized carbons (Fsp3) is 0.0233. The third-order valence-electron chi connectivity index (χ3n) is 20.2. The zero-order valence-electron chi connectivity index (χ0n) is 51.8. The lowest BCUT2D eigenvalue weighted by Crippen LogP contribution is -2.12. The number of benzene rings is 14. The Balaban J connectivity index is 0.860. The number of fused-ring (bicyclic) bond motifs is 18. The van der Waals surface area contributed by atoms with Crippen LogP contribution < -0.4 is 0 Å². The highest BCUT2D eigenvalue weighted by atomic mass is 19.4. The molecule has 0 saturated carbocycles. The molecule has 12 heteroatoms. The van der Waals surface area contributed by atoms with Gasteiger partial charge >= 0.3 is 12.4 Å². The molecule has 0 fully saturated rings. The zero-order valence-corrected chi connectivity index (χ0v) is 51.8. The summed E-state index contributed by atoms with van der Waals surface area (Å²) in [5.74, 6) is 0. The van der Waals surface area contributed by atoms with E-state index in [-0.39, 0.29) is 22.5 Å². The first-order valence-electron chi connectivity index (χ1n) is 32.5. The lowest BCUT2D eigenvalue weighted by molar-refractivity contribution is -0.138. The van der Waals surface area contributed by atoms with Crippen LogP contribution in [-0.2, 0) is 12.4 Å². The Hall–Kier alpha value is -12.5. The summed E-state index contributed by atoms with van der Waals surface area (Å²) < 4.78 is 111. The SMILES string of the molecule is FC(F)(F)c1ccc(-c2ccc(C(F)(F)F)c(-n3c4cc(-n5c6ccccc6c6ccccc65)ccc4c4ccc(-n5c6ccccc6c6ccccc65)cc43)c2)cc1-n1c2cc(-n3c4ccccc4c4ccccc43)ccc2c2ccc(-n3c4ccccc4c4ccccc43)cc21. The molecule has 0 aliphatic heterocycles. The topological polar surface area (TPSA) is 29.6 Å². The van der Waals surface area contributed by atoms with Crippen molar-refractivity contribution in [1.82, 2.24) is 27.4 Å². The molecule has 20 rings (SSSR count). The molecule has 0 amide bonds. The molecule has 0 atom stereocenters.